The van der Waals surface area contributed by atoms with Gasteiger partial charge in [0.1, 0.15) is 6.04 Å². The zero-order chi connectivity index (χ0) is 14.7. The first kappa shape index (κ1) is 14.8. The van der Waals surface area contributed by atoms with Crippen LogP contribution in [0, 0.1) is 12.8 Å². The molecular weight excluding hydrogens is 290 g/mol. The van der Waals surface area contributed by atoms with Gasteiger partial charge < -0.3 is 14.6 Å². The smallest absolute Gasteiger partial charge is 0.249 e. The van der Waals surface area contributed by atoms with Gasteiger partial charge in [0.25, 0.3) is 0 Å². The van der Waals surface area contributed by atoms with E-state index in [9.17, 15) is 4.79 Å². The van der Waals surface area contributed by atoms with E-state index in [1.807, 2.05) is 0 Å². The van der Waals surface area contributed by atoms with Gasteiger partial charge in [-0.2, -0.15) is 4.98 Å². The Hall–Kier alpha value is -1.08. The molecule has 21 heavy (non-hydrogen) atoms. The summed E-state index contributed by atoms with van der Waals surface area (Å²) in [5, 5.41) is 7.08. The van der Waals surface area contributed by atoms with Crippen molar-refractivity contribution in [2.75, 3.05) is 19.0 Å². The average molecular weight is 311 g/mol. The van der Waals surface area contributed by atoms with E-state index >= 15 is 0 Å². The fourth-order valence-corrected chi connectivity index (χ4v) is 4.07. The second-order valence-corrected chi connectivity index (χ2v) is 6.93. The third-order valence-corrected chi connectivity index (χ3v) is 5.44. The van der Waals surface area contributed by atoms with E-state index in [-0.39, 0.29) is 17.2 Å². The van der Waals surface area contributed by atoms with E-state index in [2.05, 4.69) is 15.5 Å². The van der Waals surface area contributed by atoms with Crippen LogP contribution in [0.1, 0.15) is 43.4 Å². The molecule has 0 bridgehead atoms. The summed E-state index contributed by atoms with van der Waals surface area (Å²) in [6, 6.07) is -0.191. The summed E-state index contributed by atoms with van der Waals surface area (Å²) in [5.41, 5.74) is 0. The van der Waals surface area contributed by atoms with Crippen molar-refractivity contribution in [3.05, 3.63) is 11.7 Å². The van der Waals surface area contributed by atoms with E-state index in [1.165, 1.54) is 0 Å². The Morgan fingerprint density at radius 2 is 2.19 bits per heavy atom. The number of nitrogens with zero attached hydrogens (tertiary/aromatic N) is 2. The Balaban J connectivity index is 1.73. The number of hydrogen-bond acceptors (Lipinski definition) is 6. The van der Waals surface area contributed by atoms with E-state index in [4.69, 9.17) is 9.26 Å². The minimum Gasteiger partial charge on any atom is -0.381 e. The summed E-state index contributed by atoms with van der Waals surface area (Å²) in [4.78, 5) is 16.8. The molecule has 2 saturated heterocycles. The Morgan fingerprint density at radius 1 is 1.38 bits per heavy atom. The second-order valence-electron chi connectivity index (χ2n) is 5.62. The maximum absolute atomic E-state index is 12.4. The number of nitrogens with one attached hydrogen (secondary N) is 1. The first-order chi connectivity index (χ1) is 10.2. The van der Waals surface area contributed by atoms with Gasteiger partial charge in [-0.25, -0.2) is 0 Å². The highest BCUT2D eigenvalue weighted by Crippen LogP contribution is 2.31. The van der Waals surface area contributed by atoms with Gasteiger partial charge in [0, 0.05) is 13.2 Å². The highest BCUT2D eigenvalue weighted by atomic mass is 32.2. The molecule has 0 aliphatic carbocycles. The molecule has 2 fully saturated rings. The van der Waals surface area contributed by atoms with Crippen LogP contribution in [0.15, 0.2) is 4.52 Å². The van der Waals surface area contributed by atoms with Crippen LogP contribution in [-0.4, -0.2) is 40.3 Å². The molecule has 0 saturated carbocycles. The number of aryl methyl sites for hydroxylation is 1. The van der Waals surface area contributed by atoms with E-state index in [0.29, 0.717) is 17.6 Å². The molecular formula is C14H21N3O3S. The monoisotopic (exact) mass is 311 g/mol. The van der Waals surface area contributed by atoms with Crippen molar-refractivity contribution >= 4 is 17.7 Å². The summed E-state index contributed by atoms with van der Waals surface area (Å²) < 4.78 is 10.7. The third kappa shape index (κ3) is 3.58. The van der Waals surface area contributed by atoms with Crippen LogP contribution < -0.4 is 5.32 Å². The lowest BCUT2D eigenvalue weighted by Gasteiger charge is -2.29. The number of carbonyl (C=O) groups excluding carboxylic acids is 1. The van der Waals surface area contributed by atoms with Crippen LogP contribution in [0.5, 0.6) is 0 Å². The minimum atomic E-state index is -0.191. The van der Waals surface area contributed by atoms with Crippen LogP contribution in [-0.2, 0) is 9.53 Å². The molecule has 1 aromatic rings. The predicted molar refractivity (Wildman–Crippen MR) is 78.9 cm³/mol. The molecule has 2 atom stereocenters. The lowest BCUT2D eigenvalue weighted by atomic mass is 9.91. The molecule has 0 aromatic carbocycles. The van der Waals surface area contributed by atoms with Crippen LogP contribution in [0.3, 0.4) is 0 Å². The van der Waals surface area contributed by atoms with Crippen molar-refractivity contribution in [2.45, 2.75) is 43.9 Å². The number of carbonyl (C=O) groups is 1. The molecule has 0 spiro atoms. The van der Waals surface area contributed by atoms with Crippen molar-refractivity contribution in [3.63, 3.8) is 0 Å². The minimum absolute atomic E-state index is 0.0661. The van der Waals surface area contributed by atoms with E-state index in [1.54, 1.807) is 18.7 Å². The van der Waals surface area contributed by atoms with Gasteiger partial charge in [-0.1, -0.05) is 5.16 Å². The second kappa shape index (κ2) is 6.79. The molecule has 2 aliphatic rings. The number of hydrogen-bond donors (Lipinski definition) is 1. The Labute approximate surface area is 128 Å². The first-order valence-corrected chi connectivity index (χ1v) is 8.59. The lowest BCUT2D eigenvalue weighted by molar-refractivity contribution is -0.122. The molecule has 6 nitrogen and oxygen atoms in total. The van der Waals surface area contributed by atoms with Crippen molar-refractivity contribution in [1.29, 1.82) is 0 Å². The zero-order valence-electron chi connectivity index (χ0n) is 12.2. The Morgan fingerprint density at radius 3 is 2.81 bits per heavy atom. The van der Waals surface area contributed by atoms with Crippen molar-refractivity contribution in [2.24, 2.45) is 5.92 Å². The van der Waals surface area contributed by atoms with Crippen LogP contribution >= 0.6 is 11.8 Å². The molecule has 0 radical (unpaired) electrons. The van der Waals surface area contributed by atoms with Gasteiger partial charge in [-0.05, 0) is 44.3 Å². The molecule has 1 aromatic heterocycles. The summed E-state index contributed by atoms with van der Waals surface area (Å²) in [7, 11) is 0. The Kier molecular flexibility index (Phi) is 4.80. The van der Waals surface area contributed by atoms with Crippen molar-refractivity contribution in [1.82, 2.24) is 15.5 Å². The third-order valence-electron chi connectivity index (χ3n) is 4.07. The normalized spacial score (nSPS) is 24.9. The summed E-state index contributed by atoms with van der Waals surface area (Å²) in [6.45, 7) is 3.24. The SMILES string of the molecule is Cc1noc([C@H](NC(=O)[C@@H]2CCCS2)C2CCOCC2)n1. The average Bonchev–Trinajstić information content (AvgIpc) is 3.17. The van der Waals surface area contributed by atoms with E-state index < -0.39 is 0 Å². The quantitative estimate of drug-likeness (QED) is 0.914. The molecule has 3 heterocycles. The molecule has 0 unspecified atom stereocenters. The lowest BCUT2D eigenvalue weighted by Crippen LogP contribution is -2.39. The topological polar surface area (TPSA) is 77.2 Å². The molecule has 116 valence electrons. The van der Waals surface area contributed by atoms with Crippen LogP contribution in [0.4, 0.5) is 0 Å². The first-order valence-electron chi connectivity index (χ1n) is 7.54. The molecule has 3 rings (SSSR count). The predicted octanol–water partition coefficient (Wildman–Crippen LogP) is 1.86. The summed E-state index contributed by atoms with van der Waals surface area (Å²) >= 11 is 1.74. The molecule has 1 amide bonds. The zero-order valence-corrected chi connectivity index (χ0v) is 13.0. The van der Waals surface area contributed by atoms with E-state index in [0.717, 1.165) is 44.6 Å². The van der Waals surface area contributed by atoms with Gasteiger partial charge in [0.15, 0.2) is 5.82 Å². The van der Waals surface area contributed by atoms with Gasteiger partial charge in [-0.15, -0.1) is 11.8 Å². The van der Waals surface area contributed by atoms with Crippen molar-refractivity contribution < 1.29 is 14.1 Å². The standard InChI is InChI=1S/C14H21N3O3S/c1-9-15-14(20-17-9)12(10-4-6-19-7-5-10)16-13(18)11-3-2-8-21-11/h10-12H,2-8H2,1H3,(H,16,18)/t11-,12+/m0/s1. The van der Waals surface area contributed by atoms with Gasteiger partial charge in [-0.3, -0.25) is 4.79 Å². The Bertz CT molecular complexity index is 482. The highest BCUT2D eigenvalue weighted by Gasteiger charge is 2.33. The number of amides is 1. The number of ether oxygens (including phenoxy) is 1. The van der Waals surface area contributed by atoms with Gasteiger partial charge in [0.05, 0.1) is 5.25 Å². The highest BCUT2D eigenvalue weighted by molar-refractivity contribution is 8.00. The maximum atomic E-state index is 12.4. The fraction of sp³-hybridized carbons (Fsp3) is 0.786. The number of aromatic nitrogens is 2. The van der Waals surface area contributed by atoms with Gasteiger partial charge >= 0.3 is 0 Å². The molecule has 2 aliphatic heterocycles. The summed E-state index contributed by atoms with van der Waals surface area (Å²) in [5.74, 6) is 2.60. The van der Waals surface area contributed by atoms with Gasteiger partial charge in [0.2, 0.25) is 11.8 Å². The number of thioether (sulfide) groups is 1. The maximum Gasteiger partial charge on any atom is 0.249 e. The van der Waals surface area contributed by atoms with Crippen LogP contribution in [0.2, 0.25) is 0 Å². The molecule has 7 heteroatoms. The summed E-state index contributed by atoms with van der Waals surface area (Å²) in [6.07, 6.45) is 3.89. The van der Waals surface area contributed by atoms with Crippen LogP contribution in [0.25, 0.3) is 0 Å². The largest absolute Gasteiger partial charge is 0.381 e. The fourth-order valence-electron chi connectivity index (χ4n) is 2.90. The molecule has 1 N–H and O–H groups in total. The number of rotatable bonds is 4. The van der Waals surface area contributed by atoms with Crippen molar-refractivity contribution in [3.8, 4) is 0 Å².